The maximum Gasteiger partial charge on any atom is 0.337 e. The smallest absolute Gasteiger partial charge is 0.337 e. The van der Waals surface area contributed by atoms with Crippen LogP contribution in [0, 0.1) is 5.92 Å². The van der Waals surface area contributed by atoms with Crippen LogP contribution < -0.4 is 0 Å². The Balaban J connectivity index is 1.31. The summed E-state index contributed by atoms with van der Waals surface area (Å²) >= 11 is 0. The molecule has 4 nitrogen and oxygen atoms in total. The molecule has 0 spiro atoms. The molecule has 0 saturated carbocycles. The first-order chi connectivity index (χ1) is 21.6. The van der Waals surface area contributed by atoms with Crippen LogP contribution in [0.25, 0.3) is 11.1 Å². The van der Waals surface area contributed by atoms with Crippen molar-refractivity contribution in [3.8, 4) is 11.1 Å². The van der Waals surface area contributed by atoms with E-state index in [-0.39, 0.29) is 17.9 Å². The minimum absolute atomic E-state index is 0.0202. The summed E-state index contributed by atoms with van der Waals surface area (Å²) in [4.78, 5) is 28.6. The molecule has 220 valence electrons. The molecule has 0 bridgehead atoms. The van der Waals surface area contributed by atoms with Crippen molar-refractivity contribution in [3.05, 3.63) is 167 Å². The fourth-order valence-corrected chi connectivity index (χ4v) is 6.51. The molecule has 0 fully saturated rings. The number of benzene rings is 5. The van der Waals surface area contributed by atoms with Crippen LogP contribution >= 0.6 is 0 Å². The molecular formula is C40H37NO3. The second kappa shape index (κ2) is 13.6. The molecule has 5 aromatic rings. The Morgan fingerprint density at radius 1 is 0.705 bits per heavy atom. The van der Waals surface area contributed by atoms with Crippen molar-refractivity contribution in [1.29, 1.82) is 0 Å². The van der Waals surface area contributed by atoms with Crippen molar-refractivity contribution in [1.82, 2.24) is 4.90 Å². The van der Waals surface area contributed by atoms with E-state index in [1.165, 1.54) is 23.8 Å². The molecule has 0 aliphatic heterocycles. The number of hydrogen-bond donors (Lipinski definition) is 0. The van der Waals surface area contributed by atoms with Gasteiger partial charge in [-0.1, -0.05) is 121 Å². The number of carbonyl (C=O) groups is 2. The number of ether oxygens (including phenoxy) is 1. The van der Waals surface area contributed by atoms with Crippen LogP contribution in [0.1, 0.15) is 50.6 Å². The van der Waals surface area contributed by atoms with E-state index in [2.05, 4.69) is 71.6 Å². The Hall–Kier alpha value is -4.96. The molecule has 0 radical (unpaired) electrons. The van der Waals surface area contributed by atoms with Crippen molar-refractivity contribution in [3.63, 3.8) is 0 Å². The van der Waals surface area contributed by atoms with Crippen molar-refractivity contribution in [2.24, 2.45) is 5.92 Å². The van der Waals surface area contributed by atoms with Crippen molar-refractivity contribution in [2.75, 3.05) is 7.11 Å². The zero-order valence-corrected chi connectivity index (χ0v) is 25.1. The van der Waals surface area contributed by atoms with Gasteiger partial charge in [-0.15, -0.1) is 0 Å². The summed E-state index contributed by atoms with van der Waals surface area (Å²) in [6.07, 6.45) is 3.30. The summed E-state index contributed by atoms with van der Waals surface area (Å²) < 4.78 is 4.89. The molecule has 1 aliphatic carbocycles. The zero-order chi connectivity index (χ0) is 30.3. The first-order valence-corrected chi connectivity index (χ1v) is 15.3. The minimum Gasteiger partial charge on any atom is -0.465 e. The van der Waals surface area contributed by atoms with Crippen molar-refractivity contribution < 1.29 is 14.3 Å². The third-order valence-electron chi connectivity index (χ3n) is 8.72. The van der Waals surface area contributed by atoms with E-state index in [9.17, 15) is 9.59 Å². The predicted molar refractivity (Wildman–Crippen MR) is 175 cm³/mol. The van der Waals surface area contributed by atoms with E-state index < -0.39 is 0 Å². The lowest BCUT2D eigenvalue weighted by atomic mass is 9.76. The van der Waals surface area contributed by atoms with Crippen LogP contribution in [-0.4, -0.2) is 23.9 Å². The highest BCUT2D eigenvalue weighted by atomic mass is 16.5. The Labute approximate surface area is 259 Å². The Morgan fingerprint density at radius 3 is 2.11 bits per heavy atom. The highest BCUT2D eigenvalue weighted by molar-refractivity contribution is 5.91. The Kier molecular flexibility index (Phi) is 8.98. The molecule has 2 unspecified atom stereocenters. The summed E-state index contributed by atoms with van der Waals surface area (Å²) in [7, 11) is 1.39. The first kappa shape index (κ1) is 29.1. The second-order valence-corrected chi connectivity index (χ2v) is 11.6. The van der Waals surface area contributed by atoms with Gasteiger partial charge in [0, 0.05) is 6.54 Å². The molecule has 1 aliphatic rings. The maximum absolute atomic E-state index is 14.4. The SMILES string of the molecule is COC(=O)c1cccc(-c2ccc(CC(=O)N(Cc3ccccc3)C3c4ccccc4CCC3Cc3ccccc3)cc2)c1. The van der Waals surface area contributed by atoms with Crippen LogP contribution in [0.3, 0.4) is 0 Å². The van der Waals surface area contributed by atoms with Crippen LogP contribution in [0.4, 0.5) is 0 Å². The standard InChI is InChI=1S/C40H37NO3/c1-44-40(43)36-17-10-16-34(27-36)32-21-19-30(20-22-32)26-38(42)41(28-31-13-6-3-7-14-31)39-35(25-29-11-4-2-5-12-29)24-23-33-15-8-9-18-37(33)39/h2-22,27,35,39H,23-26,28H2,1H3. The number of aryl methyl sites for hydroxylation is 1. The normalized spacial score (nSPS) is 15.7. The fourth-order valence-electron chi connectivity index (χ4n) is 6.51. The summed E-state index contributed by atoms with van der Waals surface area (Å²) in [5, 5.41) is 0. The number of rotatable bonds is 9. The molecule has 0 saturated heterocycles. The van der Waals surface area contributed by atoms with Crippen molar-refractivity contribution in [2.45, 2.75) is 38.3 Å². The molecule has 5 aromatic carbocycles. The third kappa shape index (κ3) is 6.65. The van der Waals surface area contributed by atoms with Gasteiger partial charge in [0.25, 0.3) is 0 Å². The van der Waals surface area contributed by atoms with E-state index in [1.54, 1.807) is 6.07 Å². The number of esters is 1. The molecule has 0 aromatic heterocycles. The van der Waals surface area contributed by atoms with Crippen LogP contribution in [-0.2, 0) is 35.3 Å². The highest BCUT2D eigenvalue weighted by Crippen LogP contribution is 2.41. The number of amides is 1. The van der Waals surface area contributed by atoms with Gasteiger partial charge in [-0.25, -0.2) is 4.79 Å². The van der Waals surface area contributed by atoms with Gasteiger partial charge in [0.05, 0.1) is 25.1 Å². The maximum atomic E-state index is 14.4. The van der Waals surface area contributed by atoms with Crippen LogP contribution in [0.5, 0.6) is 0 Å². The number of carbonyl (C=O) groups excluding carboxylic acids is 2. The Morgan fingerprint density at radius 2 is 1.39 bits per heavy atom. The van der Waals surface area contributed by atoms with E-state index in [4.69, 9.17) is 4.74 Å². The molecular weight excluding hydrogens is 542 g/mol. The summed E-state index contributed by atoms with van der Waals surface area (Å²) in [5.74, 6) is 0.0703. The fraction of sp³-hybridized carbons (Fsp3) is 0.200. The van der Waals surface area contributed by atoms with Gasteiger partial charge in [-0.3, -0.25) is 4.79 Å². The molecule has 1 amide bonds. The van der Waals surface area contributed by atoms with Gasteiger partial charge < -0.3 is 9.64 Å². The second-order valence-electron chi connectivity index (χ2n) is 11.6. The largest absolute Gasteiger partial charge is 0.465 e. The quantitative estimate of drug-likeness (QED) is 0.165. The monoisotopic (exact) mass is 579 g/mol. The number of methoxy groups -OCH3 is 1. The Bertz CT molecular complexity index is 1710. The molecule has 44 heavy (non-hydrogen) atoms. The molecule has 0 N–H and O–H groups in total. The highest BCUT2D eigenvalue weighted by Gasteiger charge is 2.36. The van der Waals surface area contributed by atoms with Gasteiger partial charge in [-0.2, -0.15) is 0 Å². The van der Waals surface area contributed by atoms with E-state index in [0.717, 1.165) is 41.5 Å². The van der Waals surface area contributed by atoms with E-state index in [0.29, 0.717) is 24.4 Å². The van der Waals surface area contributed by atoms with Gasteiger partial charge in [0.2, 0.25) is 5.91 Å². The number of hydrogen-bond acceptors (Lipinski definition) is 3. The van der Waals surface area contributed by atoms with E-state index in [1.807, 2.05) is 60.7 Å². The van der Waals surface area contributed by atoms with Gasteiger partial charge in [0.15, 0.2) is 0 Å². The third-order valence-corrected chi connectivity index (χ3v) is 8.72. The number of nitrogens with zero attached hydrogens (tertiary/aromatic N) is 1. The average Bonchev–Trinajstić information content (AvgIpc) is 3.08. The summed E-state index contributed by atoms with van der Waals surface area (Å²) in [6.45, 7) is 0.558. The molecule has 0 heterocycles. The zero-order valence-electron chi connectivity index (χ0n) is 25.1. The summed E-state index contributed by atoms with van der Waals surface area (Å²) in [5.41, 5.74) is 8.43. The van der Waals surface area contributed by atoms with Gasteiger partial charge in [0.1, 0.15) is 0 Å². The molecule has 2 atom stereocenters. The van der Waals surface area contributed by atoms with Gasteiger partial charge >= 0.3 is 5.97 Å². The van der Waals surface area contributed by atoms with Gasteiger partial charge in [-0.05, 0) is 76.3 Å². The number of fused-ring (bicyclic) bond motifs is 1. The lowest BCUT2D eigenvalue weighted by Gasteiger charge is -2.42. The minimum atomic E-state index is -0.359. The topological polar surface area (TPSA) is 46.6 Å². The lowest BCUT2D eigenvalue weighted by molar-refractivity contribution is -0.135. The molecule has 6 rings (SSSR count). The summed E-state index contributed by atoms with van der Waals surface area (Å²) in [6, 6.07) is 45.1. The predicted octanol–water partition coefficient (Wildman–Crippen LogP) is 8.26. The molecule has 4 heteroatoms. The van der Waals surface area contributed by atoms with Crippen LogP contribution in [0.2, 0.25) is 0 Å². The van der Waals surface area contributed by atoms with Crippen LogP contribution in [0.15, 0.2) is 133 Å². The first-order valence-electron chi connectivity index (χ1n) is 15.3. The van der Waals surface area contributed by atoms with E-state index >= 15 is 0 Å². The lowest BCUT2D eigenvalue weighted by Crippen LogP contribution is -2.41. The van der Waals surface area contributed by atoms with Crippen molar-refractivity contribution >= 4 is 11.9 Å². The average molecular weight is 580 g/mol.